The number of halogens is 1. The van der Waals surface area contributed by atoms with Crippen LogP contribution in [0.5, 0.6) is 11.5 Å². The molecule has 0 radical (unpaired) electrons. The van der Waals surface area contributed by atoms with E-state index < -0.39 is 0 Å². The number of ether oxygens (including phenoxy) is 2. The summed E-state index contributed by atoms with van der Waals surface area (Å²) in [5.41, 5.74) is 8.05. The van der Waals surface area contributed by atoms with Gasteiger partial charge in [0.15, 0.2) is 0 Å². The predicted octanol–water partition coefficient (Wildman–Crippen LogP) is 3.30. The SMILES string of the molecule is COc1cc(N)cc(COc2ccc(F)cc2C)c1. The fourth-order valence-electron chi connectivity index (χ4n) is 1.82. The molecule has 0 unspecified atom stereocenters. The summed E-state index contributed by atoms with van der Waals surface area (Å²) in [7, 11) is 1.59. The van der Waals surface area contributed by atoms with Crippen LogP contribution in [0.25, 0.3) is 0 Å². The van der Waals surface area contributed by atoms with Crippen molar-refractivity contribution in [3.05, 3.63) is 53.3 Å². The Morgan fingerprint density at radius 2 is 1.95 bits per heavy atom. The number of hydrogen-bond donors (Lipinski definition) is 1. The van der Waals surface area contributed by atoms with E-state index >= 15 is 0 Å². The summed E-state index contributed by atoms with van der Waals surface area (Å²) in [4.78, 5) is 0. The summed E-state index contributed by atoms with van der Waals surface area (Å²) >= 11 is 0. The molecule has 2 N–H and O–H groups in total. The third kappa shape index (κ3) is 3.37. The molecule has 0 aliphatic heterocycles. The maximum Gasteiger partial charge on any atom is 0.123 e. The number of anilines is 1. The van der Waals surface area contributed by atoms with Gasteiger partial charge in [-0.1, -0.05) is 0 Å². The maximum absolute atomic E-state index is 13.0. The molecule has 19 heavy (non-hydrogen) atoms. The van der Waals surface area contributed by atoms with Crippen molar-refractivity contribution in [1.29, 1.82) is 0 Å². The molecular formula is C15H16FNO2. The molecule has 0 amide bonds. The van der Waals surface area contributed by atoms with Crippen LogP contribution in [0.3, 0.4) is 0 Å². The van der Waals surface area contributed by atoms with Crippen molar-refractivity contribution in [2.75, 3.05) is 12.8 Å². The van der Waals surface area contributed by atoms with E-state index in [4.69, 9.17) is 15.2 Å². The summed E-state index contributed by atoms with van der Waals surface area (Å²) in [6.07, 6.45) is 0. The first-order chi connectivity index (χ1) is 9.08. The zero-order valence-corrected chi connectivity index (χ0v) is 10.9. The Morgan fingerprint density at radius 3 is 2.63 bits per heavy atom. The smallest absolute Gasteiger partial charge is 0.123 e. The lowest BCUT2D eigenvalue weighted by atomic mass is 10.2. The molecule has 2 aromatic rings. The second-order valence-electron chi connectivity index (χ2n) is 4.31. The van der Waals surface area contributed by atoms with Crippen LogP contribution >= 0.6 is 0 Å². The topological polar surface area (TPSA) is 44.5 Å². The van der Waals surface area contributed by atoms with Gasteiger partial charge < -0.3 is 15.2 Å². The van der Waals surface area contributed by atoms with Crippen molar-refractivity contribution in [3.63, 3.8) is 0 Å². The Labute approximate surface area is 111 Å². The normalized spacial score (nSPS) is 10.3. The lowest BCUT2D eigenvalue weighted by Gasteiger charge is -2.10. The van der Waals surface area contributed by atoms with E-state index in [1.165, 1.54) is 12.1 Å². The van der Waals surface area contributed by atoms with Crippen LogP contribution in [0.4, 0.5) is 10.1 Å². The molecule has 3 nitrogen and oxygen atoms in total. The van der Waals surface area contributed by atoms with Crippen LogP contribution in [-0.2, 0) is 6.61 Å². The van der Waals surface area contributed by atoms with Gasteiger partial charge in [0.1, 0.15) is 23.9 Å². The fraction of sp³-hybridized carbons (Fsp3) is 0.200. The maximum atomic E-state index is 13.0. The highest BCUT2D eigenvalue weighted by Crippen LogP contribution is 2.22. The number of nitrogens with two attached hydrogens (primary N) is 1. The molecule has 4 heteroatoms. The number of nitrogen functional groups attached to an aromatic ring is 1. The minimum atomic E-state index is -0.268. The monoisotopic (exact) mass is 261 g/mol. The Bertz CT molecular complexity index is 584. The standard InChI is InChI=1S/C15H16FNO2/c1-10-5-12(16)3-4-15(10)19-9-11-6-13(17)8-14(7-11)18-2/h3-8H,9,17H2,1-2H3. The van der Waals surface area contributed by atoms with Crippen LogP contribution in [0.2, 0.25) is 0 Å². The number of rotatable bonds is 4. The third-order valence-corrected chi connectivity index (χ3v) is 2.76. The van der Waals surface area contributed by atoms with E-state index in [-0.39, 0.29) is 5.82 Å². The predicted molar refractivity (Wildman–Crippen MR) is 72.9 cm³/mol. The molecule has 0 fully saturated rings. The van der Waals surface area contributed by atoms with E-state index in [1.807, 2.05) is 12.1 Å². The zero-order chi connectivity index (χ0) is 13.8. The van der Waals surface area contributed by atoms with Gasteiger partial charge in [0, 0.05) is 11.8 Å². The average Bonchev–Trinajstić information content (AvgIpc) is 2.37. The Hall–Kier alpha value is -2.23. The first-order valence-electron chi connectivity index (χ1n) is 5.91. The average molecular weight is 261 g/mol. The number of methoxy groups -OCH3 is 1. The van der Waals surface area contributed by atoms with Gasteiger partial charge in [0.25, 0.3) is 0 Å². The van der Waals surface area contributed by atoms with E-state index in [1.54, 1.807) is 26.2 Å². The van der Waals surface area contributed by atoms with Crippen LogP contribution in [0.15, 0.2) is 36.4 Å². The molecule has 2 rings (SSSR count). The summed E-state index contributed by atoms with van der Waals surface area (Å²) in [6, 6.07) is 9.86. The quantitative estimate of drug-likeness (QED) is 0.859. The van der Waals surface area contributed by atoms with Crippen molar-refractivity contribution < 1.29 is 13.9 Å². The van der Waals surface area contributed by atoms with E-state index in [0.29, 0.717) is 23.8 Å². The molecule has 0 saturated heterocycles. The number of hydrogen-bond acceptors (Lipinski definition) is 3. The van der Waals surface area contributed by atoms with Gasteiger partial charge in [-0.15, -0.1) is 0 Å². The molecule has 100 valence electrons. The molecule has 0 aliphatic rings. The Morgan fingerprint density at radius 1 is 1.16 bits per heavy atom. The Balaban J connectivity index is 2.12. The van der Waals surface area contributed by atoms with Crippen molar-refractivity contribution >= 4 is 5.69 Å². The van der Waals surface area contributed by atoms with Gasteiger partial charge in [-0.25, -0.2) is 4.39 Å². The molecule has 0 spiro atoms. The molecule has 0 aromatic heterocycles. The first-order valence-corrected chi connectivity index (χ1v) is 5.91. The lowest BCUT2D eigenvalue weighted by Crippen LogP contribution is -1.99. The summed E-state index contributed by atoms with van der Waals surface area (Å²) in [5.74, 6) is 1.08. The van der Waals surface area contributed by atoms with Crippen LogP contribution in [0.1, 0.15) is 11.1 Å². The van der Waals surface area contributed by atoms with Crippen LogP contribution in [-0.4, -0.2) is 7.11 Å². The summed E-state index contributed by atoms with van der Waals surface area (Å²) < 4.78 is 23.8. The van der Waals surface area contributed by atoms with Gasteiger partial charge in [-0.05, 0) is 48.4 Å². The third-order valence-electron chi connectivity index (χ3n) is 2.76. The summed E-state index contributed by atoms with van der Waals surface area (Å²) in [5, 5.41) is 0. The molecule has 0 aliphatic carbocycles. The number of aryl methyl sites for hydroxylation is 1. The van der Waals surface area contributed by atoms with E-state index in [9.17, 15) is 4.39 Å². The number of benzene rings is 2. The van der Waals surface area contributed by atoms with Gasteiger partial charge in [-0.3, -0.25) is 0 Å². The lowest BCUT2D eigenvalue weighted by molar-refractivity contribution is 0.302. The van der Waals surface area contributed by atoms with E-state index in [0.717, 1.165) is 11.1 Å². The van der Waals surface area contributed by atoms with Gasteiger partial charge in [0.05, 0.1) is 7.11 Å². The van der Waals surface area contributed by atoms with Gasteiger partial charge in [-0.2, -0.15) is 0 Å². The highest BCUT2D eigenvalue weighted by atomic mass is 19.1. The molecule has 0 bridgehead atoms. The minimum Gasteiger partial charge on any atom is -0.497 e. The zero-order valence-electron chi connectivity index (χ0n) is 10.9. The van der Waals surface area contributed by atoms with Crippen molar-refractivity contribution in [1.82, 2.24) is 0 Å². The minimum absolute atomic E-state index is 0.268. The van der Waals surface area contributed by atoms with Crippen molar-refractivity contribution in [3.8, 4) is 11.5 Å². The highest BCUT2D eigenvalue weighted by molar-refractivity contribution is 5.47. The van der Waals surface area contributed by atoms with Crippen molar-refractivity contribution in [2.24, 2.45) is 0 Å². The molecule has 0 saturated carbocycles. The fourth-order valence-corrected chi connectivity index (χ4v) is 1.82. The van der Waals surface area contributed by atoms with Gasteiger partial charge >= 0.3 is 0 Å². The van der Waals surface area contributed by atoms with Crippen molar-refractivity contribution in [2.45, 2.75) is 13.5 Å². The molecule has 2 aromatic carbocycles. The van der Waals surface area contributed by atoms with Crippen LogP contribution in [0, 0.1) is 12.7 Å². The first kappa shape index (κ1) is 13.2. The molecule has 0 heterocycles. The second kappa shape index (κ2) is 5.61. The van der Waals surface area contributed by atoms with Crippen LogP contribution < -0.4 is 15.2 Å². The Kier molecular flexibility index (Phi) is 3.90. The largest absolute Gasteiger partial charge is 0.497 e. The highest BCUT2D eigenvalue weighted by Gasteiger charge is 2.04. The molecular weight excluding hydrogens is 245 g/mol. The molecule has 0 atom stereocenters. The van der Waals surface area contributed by atoms with E-state index in [2.05, 4.69) is 0 Å². The van der Waals surface area contributed by atoms with Gasteiger partial charge in [0.2, 0.25) is 0 Å². The summed E-state index contributed by atoms with van der Waals surface area (Å²) in [6.45, 7) is 2.16. The second-order valence-corrected chi connectivity index (χ2v) is 4.31.